The topological polar surface area (TPSA) is 69.0 Å². The van der Waals surface area contributed by atoms with Gasteiger partial charge in [-0.15, -0.1) is 11.3 Å². The zero-order chi connectivity index (χ0) is 18.7. The molecule has 1 fully saturated rings. The molecule has 1 aliphatic rings. The van der Waals surface area contributed by atoms with Gasteiger partial charge in [0.1, 0.15) is 5.00 Å². The number of benzene rings is 1. The van der Waals surface area contributed by atoms with Crippen LogP contribution in [-0.4, -0.2) is 17.1 Å². The molecule has 3 rings (SSSR count). The smallest absolute Gasteiger partial charge is 0.323 e. The van der Waals surface area contributed by atoms with Crippen molar-refractivity contribution in [2.75, 3.05) is 4.90 Å². The summed E-state index contributed by atoms with van der Waals surface area (Å²) in [6, 6.07) is 9.78. The molecule has 2 amide bonds. The van der Waals surface area contributed by atoms with E-state index < -0.39 is 0 Å². The Morgan fingerprint density at radius 3 is 2.88 bits per heavy atom. The number of aryl methyl sites for hydroxylation is 1. The van der Waals surface area contributed by atoms with E-state index >= 15 is 0 Å². The van der Waals surface area contributed by atoms with Crippen molar-refractivity contribution in [2.45, 2.75) is 52.6 Å². The van der Waals surface area contributed by atoms with Crippen LogP contribution in [0.1, 0.15) is 48.5 Å². The summed E-state index contributed by atoms with van der Waals surface area (Å²) in [5.41, 5.74) is 2.42. The van der Waals surface area contributed by atoms with Crippen LogP contribution in [0.25, 0.3) is 0 Å². The SMILES string of the molecule is Cc1nc(CC(C)C)sc1N(Cc1cccc(C#N)c1)C(=O)NC1CC1. The number of nitriles is 1. The van der Waals surface area contributed by atoms with Crippen LogP contribution in [0.15, 0.2) is 24.3 Å². The van der Waals surface area contributed by atoms with Crippen molar-refractivity contribution in [3.63, 3.8) is 0 Å². The minimum Gasteiger partial charge on any atom is -0.335 e. The van der Waals surface area contributed by atoms with E-state index in [-0.39, 0.29) is 6.03 Å². The summed E-state index contributed by atoms with van der Waals surface area (Å²) < 4.78 is 0. The van der Waals surface area contributed by atoms with E-state index in [2.05, 4.69) is 30.2 Å². The average Bonchev–Trinajstić information content (AvgIpc) is 3.34. The normalized spacial score (nSPS) is 13.5. The monoisotopic (exact) mass is 368 g/mol. The predicted molar refractivity (Wildman–Crippen MR) is 104 cm³/mol. The maximum Gasteiger partial charge on any atom is 0.323 e. The van der Waals surface area contributed by atoms with Crippen LogP contribution >= 0.6 is 11.3 Å². The van der Waals surface area contributed by atoms with Gasteiger partial charge in [0.15, 0.2) is 0 Å². The largest absolute Gasteiger partial charge is 0.335 e. The summed E-state index contributed by atoms with van der Waals surface area (Å²) in [6.45, 7) is 6.72. The number of amides is 2. The second kappa shape index (κ2) is 7.88. The fraction of sp³-hybridized carbons (Fsp3) is 0.450. The van der Waals surface area contributed by atoms with Gasteiger partial charge in [0.05, 0.1) is 28.9 Å². The first kappa shape index (κ1) is 18.4. The van der Waals surface area contributed by atoms with E-state index in [0.29, 0.717) is 24.1 Å². The number of carbonyl (C=O) groups excluding carboxylic acids is 1. The van der Waals surface area contributed by atoms with Gasteiger partial charge >= 0.3 is 6.03 Å². The number of urea groups is 1. The van der Waals surface area contributed by atoms with Gasteiger partial charge in [0.2, 0.25) is 0 Å². The van der Waals surface area contributed by atoms with Gasteiger partial charge < -0.3 is 5.32 Å². The summed E-state index contributed by atoms with van der Waals surface area (Å²) >= 11 is 1.59. The quantitative estimate of drug-likeness (QED) is 0.821. The lowest BCUT2D eigenvalue weighted by molar-refractivity contribution is 0.245. The van der Waals surface area contributed by atoms with E-state index in [1.165, 1.54) is 0 Å². The highest BCUT2D eigenvalue weighted by atomic mass is 32.1. The Balaban J connectivity index is 1.88. The van der Waals surface area contributed by atoms with Gasteiger partial charge in [-0.25, -0.2) is 9.78 Å². The van der Waals surface area contributed by atoms with Crippen molar-refractivity contribution in [1.29, 1.82) is 5.26 Å². The van der Waals surface area contributed by atoms with E-state index in [4.69, 9.17) is 5.26 Å². The zero-order valence-corrected chi connectivity index (χ0v) is 16.3. The number of aromatic nitrogens is 1. The number of rotatable bonds is 6. The molecule has 5 nitrogen and oxygen atoms in total. The van der Waals surface area contributed by atoms with Crippen LogP contribution in [0, 0.1) is 24.2 Å². The summed E-state index contributed by atoms with van der Waals surface area (Å²) in [7, 11) is 0. The summed E-state index contributed by atoms with van der Waals surface area (Å²) in [6.07, 6.45) is 3.00. The first-order chi connectivity index (χ1) is 12.5. The third kappa shape index (κ3) is 4.61. The predicted octanol–water partition coefficient (Wildman–Crippen LogP) is 4.40. The number of hydrogen-bond donors (Lipinski definition) is 1. The Bertz CT molecular complexity index is 833. The molecular formula is C20H24N4OS. The Morgan fingerprint density at radius 2 is 2.23 bits per heavy atom. The molecule has 0 unspecified atom stereocenters. The molecule has 0 bridgehead atoms. The molecule has 1 aliphatic carbocycles. The molecule has 0 spiro atoms. The molecule has 1 N–H and O–H groups in total. The number of hydrogen-bond acceptors (Lipinski definition) is 4. The summed E-state index contributed by atoms with van der Waals surface area (Å²) in [5, 5.41) is 14.2. The highest BCUT2D eigenvalue weighted by molar-refractivity contribution is 7.16. The highest BCUT2D eigenvalue weighted by Crippen LogP contribution is 2.32. The van der Waals surface area contributed by atoms with Crippen molar-refractivity contribution in [1.82, 2.24) is 10.3 Å². The fourth-order valence-corrected chi connectivity index (χ4v) is 4.04. The number of thiazole rings is 1. The van der Waals surface area contributed by atoms with Crippen LogP contribution in [0.5, 0.6) is 0 Å². The Morgan fingerprint density at radius 1 is 1.46 bits per heavy atom. The van der Waals surface area contributed by atoms with E-state index in [9.17, 15) is 4.79 Å². The highest BCUT2D eigenvalue weighted by Gasteiger charge is 2.28. The van der Waals surface area contributed by atoms with Crippen LogP contribution < -0.4 is 10.2 Å². The first-order valence-electron chi connectivity index (χ1n) is 8.99. The van der Waals surface area contributed by atoms with Crippen LogP contribution in [0.4, 0.5) is 9.80 Å². The summed E-state index contributed by atoms with van der Waals surface area (Å²) in [5.74, 6) is 0.523. The zero-order valence-electron chi connectivity index (χ0n) is 15.5. The van der Waals surface area contributed by atoms with Gasteiger partial charge in [0, 0.05) is 12.5 Å². The molecule has 1 heterocycles. The molecule has 1 saturated carbocycles. The minimum atomic E-state index is -0.0855. The van der Waals surface area contributed by atoms with Gasteiger partial charge in [-0.05, 0) is 43.4 Å². The third-order valence-electron chi connectivity index (χ3n) is 4.19. The second-order valence-corrected chi connectivity index (χ2v) is 8.28. The van der Waals surface area contributed by atoms with E-state index in [1.807, 2.05) is 25.1 Å². The number of carbonyl (C=O) groups is 1. The Labute approximate surface area is 158 Å². The lowest BCUT2D eigenvalue weighted by Gasteiger charge is -2.22. The molecule has 136 valence electrons. The molecule has 0 atom stereocenters. The first-order valence-corrected chi connectivity index (χ1v) is 9.81. The van der Waals surface area contributed by atoms with Gasteiger partial charge in [0.25, 0.3) is 0 Å². The van der Waals surface area contributed by atoms with Gasteiger partial charge in [-0.3, -0.25) is 4.90 Å². The molecule has 2 aromatic rings. The molecule has 0 aliphatic heterocycles. The minimum absolute atomic E-state index is 0.0855. The molecule has 0 radical (unpaired) electrons. The standard InChI is InChI=1S/C20H24N4OS/c1-13(2)9-18-22-14(3)19(26-18)24(20(25)23-17-7-8-17)12-16-6-4-5-15(10-16)11-21/h4-6,10,13,17H,7-9,12H2,1-3H3,(H,23,25). The molecule has 1 aromatic heterocycles. The molecule has 0 saturated heterocycles. The second-order valence-electron chi connectivity index (χ2n) is 7.22. The third-order valence-corrected chi connectivity index (χ3v) is 5.39. The Kier molecular flexibility index (Phi) is 5.58. The maximum absolute atomic E-state index is 12.9. The van der Waals surface area contributed by atoms with Crippen molar-refractivity contribution in [2.24, 2.45) is 5.92 Å². The van der Waals surface area contributed by atoms with Crippen LogP contribution in [0.2, 0.25) is 0 Å². The van der Waals surface area contributed by atoms with E-state index in [1.54, 1.807) is 22.3 Å². The lowest BCUT2D eigenvalue weighted by Crippen LogP contribution is -2.40. The van der Waals surface area contributed by atoms with Crippen molar-refractivity contribution < 1.29 is 4.79 Å². The van der Waals surface area contributed by atoms with Crippen molar-refractivity contribution in [3.05, 3.63) is 46.1 Å². The molecule has 1 aromatic carbocycles. The number of nitrogens with zero attached hydrogens (tertiary/aromatic N) is 3. The molecule has 26 heavy (non-hydrogen) atoms. The molecule has 6 heteroatoms. The van der Waals surface area contributed by atoms with Gasteiger partial charge in [-0.2, -0.15) is 5.26 Å². The van der Waals surface area contributed by atoms with Gasteiger partial charge in [-0.1, -0.05) is 26.0 Å². The summed E-state index contributed by atoms with van der Waals surface area (Å²) in [4.78, 5) is 19.3. The van der Waals surface area contributed by atoms with Crippen LogP contribution in [0.3, 0.4) is 0 Å². The number of anilines is 1. The Hall–Kier alpha value is -2.39. The van der Waals surface area contributed by atoms with Crippen LogP contribution in [-0.2, 0) is 13.0 Å². The lowest BCUT2D eigenvalue weighted by atomic mass is 10.1. The van der Waals surface area contributed by atoms with Crippen molar-refractivity contribution in [3.8, 4) is 6.07 Å². The average molecular weight is 369 g/mol. The fourth-order valence-electron chi connectivity index (χ4n) is 2.77. The molecular weight excluding hydrogens is 344 g/mol. The maximum atomic E-state index is 12.9. The van der Waals surface area contributed by atoms with Crippen molar-refractivity contribution >= 4 is 22.4 Å². The van der Waals surface area contributed by atoms with E-state index in [0.717, 1.165) is 40.5 Å². The number of nitrogens with one attached hydrogen (secondary N) is 1.